The van der Waals surface area contributed by atoms with E-state index >= 15 is 0 Å². The Bertz CT molecular complexity index is 596. The quantitative estimate of drug-likeness (QED) is 0.904. The van der Waals surface area contributed by atoms with Gasteiger partial charge in [0, 0.05) is 23.8 Å². The summed E-state index contributed by atoms with van der Waals surface area (Å²) in [5.41, 5.74) is 2.60. The molecule has 4 heteroatoms. The van der Waals surface area contributed by atoms with Gasteiger partial charge in [0.05, 0.1) is 5.56 Å². The predicted octanol–water partition coefficient (Wildman–Crippen LogP) is 3.83. The summed E-state index contributed by atoms with van der Waals surface area (Å²) in [5.74, 6) is -0.895. The van der Waals surface area contributed by atoms with Gasteiger partial charge in [0.15, 0.2) is 0 Å². The van der Waals surface area contributed by atoms with Gasteiger partial charge in [-0.1, -0.05) is 28.1 Å². The van der Waals surface area contributed by atoms with Crippen LogP contribution in [-0.4, -0.2) is 24.7 Å². The Morgan fingerprint density at radius 3 is 2.50 bits per heavy atom. The average Bonchev–Trinajstić information content (AvgIpc) is 2.45. The highest BCUT2D eigenvalue weighted by molar-refractivity contribution is 9.10. The molecule has 0 aliphatic heterocycles. The van der Waals surface area contributed by atoms with Crippen LogP contribution in [0.3, 0.4) is 0 Å². The Morgan fingerprint density at radius 2 is 1.90 bits per heavy atom. The molecular weight excluding hydrogens is 318 g/mol. The Kier molecular flexibility index (Phi) is 4.79. The zero-order chi connectivity index (χ0) is 14.5. The zero-order valence-corrected chi connectivity index (χ0v) is 12.8. The molecule has 0 aliphatic rings. The maximum Gasteiger partial charge on any atom is 0.335 e. The van der Waals surface area contributed by atoms with Gasteiger partial charge >= 0.3 is 5.97 Å². The minimum atomic E-state index is -0.895. The largest absolute Gasteiger partial charge is 0.478 e. The molecule has 0 aromatic heterocycles. The van der Waals surface area contributed by atoms with Crippen LogP contribution in [0.25, 0.3) is 0 Å². The van der Waals surface area contributed by atoms with Gasteiger partial charge in [-0.15, -0.1) is 0 Å². The van der Waals surface area contributed by atoms with Crippen LogP contribution in [0.4, 0.5) is 5.69 Å². The van der Waals surface area contributed by atoms with Crippen molar-refractivity contribution in [2.45, 2.75) is 6.42 Å². The number of carboxylic acid groups (broad SMARTS) is 1. The molecule has 0 unspecified atom stereocenters. The second kappa shape index (κ2) is 6.57. The molecule has 3 nitrogen and oxygen atoms in total. The van der Waals surface area contributed by atoms with Crippen molar-refractivity contribution in [2.75, 3.05) is 18.5 Å². The molecule has 0 fully saturated rings. The number of rotatable bonds is 5. The SMILES string of the molecule is CN(CCc1cccc(Br)c1)c1ccc(C(=O)O)cc1. The number of carbonyl (C=O) groups is 1. The molecule has 2 aromatic rings. The fourth-order valence-corrected chi connectivity index (χ4v) is 2.42. The van der Waals surface area contributed by atoms with E-state index in [0.717, 1.165) is 23.1 Å². The van der Waals surface area contributed by atoms with Gasteiger partial charge in [0.25, 0.3) is 0 Å². The number of anilines is 1. The number of aromatic carboxylic acids is 1. The van der Waals surface area contributed by atoms with E-state index in [4.69, 9.17) is 5.11 Å². The second-order valence-electron chi connectivity index (χ2n) is 4.65. The minimum absolute atomic E-state index is 0.314. The van der Waals surface area contributed by atoms with Crippen molar-refractivity contribution in [1.29, 1.82) is 0 Å². The molecule has 0 atom stereocenters. The monoisotopic (exact) mass is 333 g/mol. The first-order valence-corrected chi connectivity index (χ1v) is 7.14. The topological polar surface area (TPSA) is 40.5 Å². The summed E-state index contributed by atoms with van der Waals surface area (Å²) >= 11 is 3.47. The molecule has 0 saturated carbocycles. The predicted molar refractivity (Wildman–Crippen MR) is 84.5 cm³/mol. The van der Waals surface area contributed by atoms with Crippen LogP contribution in [0.15, 0.2) is 53.0 Å². The minimum Gasteiger partial charge on any atom is -0.478 e. The highest BCUT2D eigenvalue weighted by Crippen LogP contribution is 2.16. The Morgan fingerprint density at radius 1 is 1.20 bits per heavy atom. The lowest BCUT2D eigenvalue weighted by atomic mass is 10.1. The summed E-state index contributed by atoms with van der Waals surface area (Å²) < 4.78 is 1.09. The highest BCUT2D eigenvalue weighted by Gasteiger charge is 2.05. The first kappa shape index (κ1) is 14.6. The third kappa shape index (κ3) is 3.84. The van der Waals surface area contributed by atoms with Crippen molar-refractivity contribution < 1.29 is 9.90 Å². The van der Waals surface area contributed by atoms with Crippen LogP contribution in [-0.2, 0) is 6.42 Å². The number of halogens is 1. The molecule has 2 rings (SSSR count). The molecule has 0 radical (unpaired) electrons. The van der Waals surface area contributed by atoms with Crippen molar-refractivity contribution >= 4 is 27.6 Å². The fraction of sp³-hybridized carbons (Fsp3) is 0.188. The van der Waals surface area contributed by atoms with Crippen molar-refractivity contribution in [2.24, 2.45) is 0 Å². The molecule has 0 amide bonds. The van der Waals surface area contributed by atoms with Crippen LogP contribution in [0.1, 0.15) is 15.9 Å². The number of carboxylic acids is 1. The lowest BCUT2D eigenvalue weighted by Crippen LogP contribution is -2.20. The first-order chi connectivity index (χ1) is 9.56. The Labute approximate surface area is 127 Å². The van der Waals surface area contributed by atoms with Gasteiger partial charge in [-0.05, 0) is 48.4 Å². The molecule has 1 N–H and O–H groups in total. The molecular formula is C16H16BrNO2. The van der Waals surface area contributed by atoms with Crippen LogP contribution >= 0.6 is 15.9 Å². The number of hydrogen-bond donors (Lipinski definition) is 1. The molecule has 20 heavy (non-hydrogen) atoms. The van der Waals surface area contributed by atoms with E-state index in [2.05, 4.69) is 33.0 Å². The average molecular weight is 334 g/mol. The van der Waals surface area contributed by atoms with Crippen LogP contribution in [0, 0.1) is 0 Å². The molecule has 0 saturated heterocycles. The smallest absolute Gasteiger partial charge is 0.335 e. The van der Waals surface area contributed by atoms with Gasteiger partial charge < -0.3 is 10.0 Å². The molecule has 0 heterocycles. The summed E-state index contributed by atoms with van der Waals surface area (Å²) in [7, 11) is 2.01. The Balaban J connectivity index is 1.97. The maximum atomic E-state index is 10.8. The molecule has 104 valence electrons. The van der Waals surface area contributed by atoms with Gasteiger partial charge in [-0.25, -0.2) is 4.79 Å². The summed E-state index contributed by atoms with van der Waals surface area (Å²) in [5, 5.41) is 8.87. The molecule has 0 spiro atoms. The van der Waals surface area contributed by atoms with Gasteiger partial charge in [0.2, 0.25) is 0 Å². The standard InChI is InChI=1S/C16H16BrNO2/c1-18(10-9-12-3-2-4-14(17)11-12)15-7-5-13(6-8-15)16(19)20/h2-8,11H,9-10H2,1H3,(H,19,20). The van der Waals surface area contributed by atoms with Crippen LogP contribution in [0.2, 0.25) is 0 Å². The lowest BCUT2D eigenvalue weighted by molar-refractivity contribution is 0.0697. The van der Waals surface area contributed by atoms with Crippen molar-refractivity contribution in [3.63, 3.8) is 0 Å². The lowest BCUT2D eigenvalue weighted by Gasteiger charge is -2.19. The summed E-state index contributed by atoms with van der Waals surface area (Å²) in [4.78, 5) is 12.9. The third-order valence-corrected chi connectivity index (χ3v) is 3.67. The number of benzene rings is 2. The number of nitrogens with zero attached hydrogens (tertiary/aromatic N) is 1. The van der Waals surface area contributed by atoms with E-state index in [1.54, 1.807) is 12.1 Å². The van der Waals surface area contributed by atoms with Crippen LogP contribution in [0.5, 0.6) is 0 Å². The third-order valence-electron chi connectivity index (χ3n) is 3.18. The van der Waals surface area contributed by atoms with Crippen molar-refractivity contribution in [1.82, 2.24) is 0 Å². The molecule has 0 bridgehead atoms. The van der Waals surface area contributed by atoms with E-state index in [0.29, 0.717) is 5.56 Å². The number of likely N-dealkylation sites (N-methyl/N-ethyl adjacent to an activating group) is 1. The maximum absolute atomic E-state index is 10.8. The van der Waals surface area contributed by atoms with Crippen molar-refractivity contribution in [3.05, 3.63) is 64.1 Å². The van der Waals surface area contributed by atoms with Gasteiger partial charge in [0.1, 0.15) is 0 Å². The molecule has 2 aromatic carbocycles. The molecule has 0 aliphatic carbocycles. The summed E-state index contributed by atoms with van der Waals surface area (Å²) in [6.45, 7) is 0.878. The second-order valence-corrected chi connectivity index (χ2v) is 5.57. The fourth-order valence-electron chi connectivity index (χ4n) is 1.98. The summed E-state index contributed by atoms with van der Waals surface area (Å²) in [6.07, 6.45) is 0.941. The van der Waals surface area contributed by atoms with E-state index in [-0.39, 0.29) is 0 Å². The first-order valence-electron chi connectivity index (χ1n) is 6.35. The van der Waals surface area contributed by atoms with Crippen molar-refractivity contribution in [3.8, 4) is 0 Å². The zero-order valence-electron chi connectivity index (χ0n) is 11.2. The highest BCUT2D eigenvalue weighted by atomic mass is 79.9. The van der Waals surface area contributed by atoms with E-state index < -0.39 is 5.97 Å². The van der Waals surface area contributed by atoms with E-state index in [1.807, 2.05) is 31.3 Å². The van der Waals surface area contributed by atoms with Gasteiger partial charge in [-0.3, -0.25) is 0 Å². The van der Waals surface area contributed by atoms with E-state index in [1.165, 1.54) is 5.56 Å². The summed E-state index contributed by atoms with van der Waals surface area (Å²) in [6, 6.07) is 15.2. The Hall–Kier alpha value is -1.81. The van der Waals surface area contributed by atoms with E-state index in [9.17, 15) is 4.79 Å². The van der Waals surface area contributed by atoms with Gasteiger partial charge in [-0.2, -0.15) is 0 Å². The normalized spacial score (nSPS) is 10.3. The van der Waals surface area contributed by atoms with Crippen LogP contribution < -0.4 is 4.90 Å². The number of hydrogen-bond acceptors (Lipinski definition) is 2.